The van der Waals surface area contributed by atoms with E-state index in [-0.39, 0.29) is 24.0 Å². The van der Waals surface area contributed by atoms with Gasteiger partial charge in [-0.25, -0.2) is 0 Å². The van der Waals surface area contributed by atoms with Crippen molar-refractivity contribution in [3.63, 3.8) is 0 Å². The van der Waals surface area contributed by atoms with Crippen LogP contribution in [0, 0.1) is 11.8 Å². The van der Waals surface area contributed by atoms with E-state index in [2.05, 4.69) is 6.92 Å². The zero-order valence-corrected chi connectivity index (χ0v) is 14.9. The summed E-state index contributed by atoms with van der Waals surface area (Å²) in [5.41, 5.74) is 0. The van der Waals surface area contributed by atoms with Crippen molar-refractivity contribution in [1.29, 1.82) is 0 Å². The maximum absolute atomic E-state index is 12.1. The van der Waals surface area contributed by atoms with E-state index in [9.17, 15) is 14.7 Å². The molecular formula is C20H32O4. The van der Waals surface area contributed by atoms with Gasteiger partial charge in [-0.05, 0) is 44.1 Å². The van der Waals surface area contributed by atoms with Crippen molar-refractivity contribution in [3.8, 4) is 0 Å². The Morgan fingerprint density at radius 1 is 1.12 bits per heavy atom. The van der Waals surface area contributed by atoms with Crippen molar-refractivity contribution in [2.45, 2.75) is 77.6 Å². The standard InChI is InChI=1S/C20H32O4/c1-2-3-4-7-10-17(21)15-16-13-14-19(22)18(16)11-8-5-6-9-12-20(23)24/h5,8,15-16,18,21H,2-4,6-7,9-14H2,1H3,(H,23,24)/b8-5?,17-15+/t16-,18+/m1/s1. The number of aliphatic hydroxyl groups excluding tert-OH is 1. The van der Waals surface area contributed by atoms with Crippen LogP contribution in [0.4, 0.5) is 0 Å². The van der Waals surface area contributed by atoms with Gasteiger partial charge >= 0.3 is 5.97 Å². The summed E-state index contributed by atoms with van der Waals surface area (Å²) in [7, 11) is 0. The lowest BCUT2D eigenvalue weighted by Crippen LogP contribution is -2.12. The van der Waals surface area contributed by atoms with E-state index < -0.39 is 5.97 Å². The van der Waals surface area contributed by atoms with Crippen LogP contribution in [-0.4, -0.2) is 22.0 Å². The third-order valence-electron chi connectivity index (χ3n) is 4.67. The Hall–Kier alpha value is -1.58. The average molecular weight is 336 g/mol. The minimum absolute atomic E-state index is 0.0292. The van der Waals surface area contributed by atoms with Crippen molar-refractivity contribution in [1.82, 2.24) is 0 Å². The zero-order valence-electron chi connectivity index (χ0n) is 14.9. The number of allylic oxidation sites excluding steroid dienone is 4. The molecule has 1 saturated carbocycles. The van der Waals surface area contributed by atoms with Crippen LogP contribution in [0.3, 0.4) is 0 Å². The number of unbranched alkanes of at least 4 members (excludes halogenated alkanes) is 4. The van der Waals surface area contributed by atoms with Crippen molar-refractivity contribution >= 4 is 11.8 Å². The van der Waals surface area contributed by atoms with E-state index in [0.717, 1.165) is 25.7 Å². The monoisotopic (exact) mass is 336 g/mol. The van der Waals surface area contributed by atoms with E-state index in [1.807, 2.05) is 18.2 Å². The molecule has 2 atom stereocenters. The molecule has 2 N–H and O–H groups in total. The van der Waals surface area contributed by atoms with Gasteiger partial charge < -0.3 is 10.2 Å². The van der Waals surface area contributed by atoms with Gasteiger partial charge in [0.15, 0.2) is 0 Å². The molecule has 0 amide bonds. The first-order chi connectivity index (χ1) is 11.5. The quantitative estimate of drug-likeness (QED) is 0.292. The minimum atomic E-state index is -0.769. The number of carbonyl (C=O) groups is 2. The van der Waals surface area contributed by atoms with Gasteiger partial charge in [-0.3, -0.25) is 9.59 Å². The summed E-state index contributed by atoms with van der Waals surface area (Å²) in [5.74, 6) is 0.0614. The van der Waals surface area contributed by atoms with Gasteiger partial charge in [-0.1, -0.05) is 38.3 Å². The molecule has 136 valence electrons. The predicted octanol–water partition coefficient (Wildman–Crippen LogP) is 5.20. The Morgan fingerprint density at radius 3 is 2.62 bits per heavy atom. The number of aliphatic carboxylic acids is 1. The van der Waals surface area contributed by atoms with E-state index in [0.29, 0.717) is 31.4 Å². The van der Waals surface area contributed by atoms with Gasteiger partial charge in [0.25, 0.3) is 0 Å². The molecule has 4 nitrogen and oxygen atoms in total. The molecule has 0 radical (unpaired) electrons. The van der Waals surface area contributed by atoms with E-state index in [1.54, 1.807) is 0 Å². The Bertz CT molecular complexity index is 451. The fourth-order valence-electron chi connectivity index (χ4n) is 3.24. The topological polar surface area (TPSA) is 74.6 Å². The molecule has 0 spiro atoms. The van der Waals surface area contributed by atoms with Crippen molar-refractivity contribution in [3.05, 3.63) is 24.0 Å². The molecule has 0 unspecified atom stereocenters. The maximum Gasteiger partial charge on any atom is 0.303 e. The highest BCUT2D eigenvalue weighted by molar-refractivity contribution is 5.83. The van der Waals surface area contributed by atoms with Gasteiger partial charge in [0.05, 0.1) is 5.76 Å². The van der Waals surface area contributed by atoms with Gasteiger partial charge in [0.1, 0.15) is 5.78 Å². The highest BCUT2D eigenvalue weighted by Crippen LogP contribution is 2.33. The number of ketones is 1. The summed E-state index contributed by atoms with van der Waals surface area (Å²) in [5, 5.41) is 18.7. The third kappa shape index (κ3) is 8.32. The molecular weight excluding hydrogens is 304 g/mol. The largest absolute Gasteiger partial charge is 0.513 e. The van der Waals surface area contributed by atoms with Gasteiger partial charge in [0.2, 0.25) is 0 Å². The molecule has 0 heterocycles. The summed E-state index contributed by atoms with van der Waals surface area (Å²) in [6, 6.07) is 0. The van der Waals surface area contributed by atoms with Crippen LogP contribution in [0.5, 0.6) is 0 Å². The molecule has 1 rings (SSSR count). The van der Waals surface area contributed by atoms with E-state index in [4.69, 9.17) is 5.11 Å². The molecule has 24 heavy (non-hydrogen) atoms. The predicted molar refractivity (Wildman–Crippen MR) is 95.9 cm³/mol. The molecule has 4 heteroatoms. The van der Waals surface area contributed by atoms with Gasteiger partial charge in [-0.15, -0.1) is 0 Å². The number of Topliss-reactive ketones (excluding diaryl/α,β-unsaturated/α-hetero) is 1. The minimum Gasteiger partial charge on any atom is -0.513 e. The fourth-order valence-corrected chi connectivity index (χ4v) is 3.24. The van der Waals surface area contributed by atoms with Crippen LogP contribution in [0.1, 0.15) is 77.6 Å². The second-order valence-corrected chi connectivity index (χ2v) is 6.74. The fraction of sp³-hybridized carbons (Fsp3) is 0.700. The highest BCUT2D eigenvalue weighted by atomic mass is 16.4. The van der Waals surface area contributed by atoms with Crippen LogP contribution < -0.4 is 0 Å². The first kappa shape index (κ1) is 20.5. The van der Waals surface area contributed by atoms with E-state index in [1.165, 1.54) is 12.8 Å². The van der Waals surface area contributed by atoms with Crippen molar-refractivity contribution < 1.29 is 19.8 Å². The lowest BCUT2D eigenvalue weighted by molar-refractivity contribution is -0.137. The molecule has 0 aliphatic heterocycles. The molecule has 0 bridgehead atoms. The van der Waals surface area contributed by atoms with Crippen LogP contribution >= 0.6 is 0 Å². The van der Waals surface area contributed by atoms with Crippen LogP contribution in [0.25, 0.3) is 0 Å². The number of rotatable bonds is 12. The smallest absolute Gasteiger partial charge is 0.303 e. The Balaban J connectivity index is 2.39. The molecule has 1 fully saturated rings. The summed E-state index contributed by atoms with van der Waals surface area (Å²) >= 11 is 0. The Labute approximate surface area is 145 Å². The second-order valence-electron chi connectivity index (χ2n) is 6.74. The zero-order chi connectivity index (χ0) is 17.8. The summed E-state index contributed by atoms with van der Waals surface area (Å²) in [4.78, 5) is 22.5. The number of carboxylic acids is 1. The Kier molecular flexibility index (Phi) is 10.1. The van der Waals surface area contributed by atoms with Gasteiger partial charge in [0, 0.05) is 25.2 Å². The molecule has 0 aromatic heterocycles. The molecule has 0 aromatic carbocycles. The maximum atomic E-state index is 12.1. The normalized spacial score (nSPS) is 21.7. The summed E-state index contributed by atoms with van der Waals surface area (Å²) in [6.45, 7) is 2.17. The first-order valence-electron chi connectivity index (χ1n) is 9.33. The molecule has 1 aliphatic rings. The SMILES string of the molecule is CCCCCC/C(O)=C\[C@H]1CCC(=O)[C@H]1CC=CCCCC(=O)O. The number of hydrogen-bond donors (Lipinski definition) is 2. The number of carboxylic acid groups (broad SMARTS) is 1. The highest BCUT2D eigenvalue weighted by Gasteiger charge is 2.32. The third-order valence-corrected chi connectivity index (χ3v) is 4.67. The molecule has 1 aliphatic carbocycles. The second kappa shape index (κ2) is 11.9. The average Bonchev–Trinajstić information content (AvgIpc) is 2.87. The van der Waals surface area contributed by atoms with Crippen molar-refractivity contribution in [2.75, 3.05) is 0 Å². The summed E-state index contributed by atoms with van der Waals surface area (Å²) in [6.07, 6.45) is 14.8. The number of aliphatic hydroxyl groups is 1. The Morgan fingerprint density at radius 2 is 1.92 bits per heavy atom. The summed E-state index contributed by atoms with van der Waals surface area (Å²) < 4.78 is 0. The molecule has 0 aromatic rings. The first-order valence-corrected chi connectivity index (χ1v) is 9.33. The van der Waals surface area contributed by atoms with Crippen LogP contribution in [-0.2, 0) is 9.59 Å². The number of carbonyl (C=O) groups excluding carboxylic acids is 1. The lowest BCUT2D eigenvalue weighted by Gasteiger charge is -2.13. The van der Waals surface area contributed by atoms with Crippen LogP contribution in [0.15, 0.2) is 24.0 Å². The number of hydrogen-bond acceptors (Lipinski definition) is 3. The molecule has 0 saturated heterocycles. The van der Waals surface area contributed by atoms with Crippen molar-refractivity contribution in [2.24, 2.45) is 11.8 Å². The van der Waals surface area contributed by atoms with Gasteiger partial charge in [-0.2, -0.15) is 0 Å². The van der Waals surface area contributed by atoms with E-state index >= 15 is 0 Å². The lowest BCUT2D eigenvalue weighted by atomic mass is 9.91. The van der Waals surface area contributed by atoms with Crippen LogP contribution in [0.2, 0.25) is 0 Å².